The Hall–Kier alpha value is -2.29. The van der Waals surface area contributed by atoms with E-state index in [4.69, 9.17) is 4.74 Å². The van der Waals surface area contributed by atoms with Crippen molar-refractivity contribution in [1.29, 1.82) is 0 Å². The quantitative estimate of drug-likeness (QED) is 0.227. The summed E-state index contributed by atoms with van der Waals surface area (Å²) in [6.07, 6.45) is 0. The summed E-state index contributed by atoms with van der Waals surface area (Å²) < 4.78 is 7.98. The number of fused-ring (bicyclic) bond motifs is 1. The molecule has 2 aromatic carbocycles. The van der Waals surface area contributed by atoms with Gasteiger partial charge in [-0.1, -0.05) is 74.5 Å². The zero-order valence-electron chi connectivity index (χ0n) is 20.9. The van der Waals surface area contributed by atoms with Gasteiger partial charge in [0.25, 0.3) is 0 Å². The molecular formula is C27H31BrN2O3S2. The second kappa shape index (κ2) is 11.6. The number of thiophene rings is 1. The highest BCUT2D eigenvalue weighted by Crippen LogP contribution is 2.52. The third-order valence-electron chi connectivity index (χ3n) is 5.04. The molecule has 0 N–H and O–H groups in total. The smallest absolute Gasteiger partial charge is 0.336 e. The lowest BCUT2D eigenvalue weighted by molar-refractivity contribution is -0.154. The minimum absolute atomic E-state index is 0.139. The topological polar surface area (TPSA) is 49.9 Å². The van der Waals surface area contributed by atoms with E-state index in [1.807, 2.05) is 107 Å². The highest BCUT2D eigenvalue weighted by atomic mass is 79.9. The fourth-order valence-electron chi connectivity index (χ4n) is 3.66. The Balaban J connectivity index is 0.00000167. The first-order valence-corrected chi connectivity index (χ1v) is 13.9. The molecule has 1 aromatic heterocycles. The van der Waals surface area contributed by atoms with Gasteiger partial charge in [-0.15, -0.1) is 11.3 Å². The van der Waals surface area contributed by atoms with Crippen LogP contribution in [-0.2, 0) is 9.53 Å². The fraction of sp³-hybridized carbons (Fsp3) is 0.333. The molecule has 0 unspecified atom stereocenters. The average Bonchev–Trinajstić information content (AvgIpc) is 3.11. The Labute approximate surface area is 224 Å². The van der Waals surface area contributed by atoms with Crippen molar-refractivity contribution in [1.82, 2.24) is 4.31 Å². The number of anilines is 1. The second-order valence-electron chi connectivity index (χ2n) is 8.73. The van der Waals surface area contributed by atoms with Gasteiger partial charge in [0, 0.05) is 0 Å². The van der Waals surface area contributed by atoms with Crippen LogP contribution in [0.1, 0.15) is 57.4 Å². The lowest BCUT2D eigenvalue weighted by Crippen LogP contribution is -2.47. The highest BCUT2D eigenvalue weighted by Gasteiger charge is 2.41. The van der Waals surface area contributed by atoms with Crippen molar-refractivity contribution in [3.63, 3.8) is 0 Å². The first kappa shape index (κ1) is 27.3. The van der Waals surface area contributed by atoms with Gasteiger partial charge in [0.15, 0.2) is 0 Å². The number of nitrogens with zero attached hydrogens (tertiary/aromatic N) is 2. The Morgan fingerprint density at radius 2 is 1.51 bits per heavy atom. The number of hydrogen-bond donors (Lipinski definition) is 0. The van der Waals surface area contributed by atoms with Crippen molar-refractivity contribution in [2.24, 2.45) is 0 Å². The highest BCUT2D eigenvalue weighted by molar-refractivity contribution is 9.11. The van der Waals surface area contributed by atoms with Gasteiger partial charge in [0.1, 0.15) is 17.1 Å². The van der Waals surface area contributed by atoms with Gasteiger partial charge in [0.2, 0.25) is 0 Å². The van der Waals surface area contributed by atoms with Crippen molar-refractivity contribution in [2.75, 3.05) is 11.4 Å². The molecule has 0 aliphatic carbocycles. The number of hydrogen-bond acceptors (Lipinski definition) is 5. The number of amides is 2. The molecule has 3 aromatic rings. The molecule has 4 rings (SSSR count). The number of rotatable bonds is 5. The molecule has 2 heterocycles. The van der Waals surface area contributed by atoms with E-state index in [9.17, 15) is 9.59 Å². The Morgan fingerprint density at radius 1 is 1.00 bits per heavy atom. The van der Waals surface area contributed by atoms with Gasteiger partial charge in [-0.25, -0.2) is 4.79 Å². The third-order valence-corrected chi connectivity index (χ3v) is 8.51. The van der Waals surface area contributed by atoms with Crippen LogP contribution in [0.3, 0.4) is 0 Å². The first-order chi connectivity index (χ1) is 16.7. The molecule has 35 heavy (non-hydrogen) atoms. The van der Waals surface area contributed by atoms with E-state index >= 15 is 0 Å². The maximum Gasteiger partial charge on any atom is 0.336 e. The van der Waals surface area contributed by atoms with Crippen LogP contribution in [-0.4, -0.2) is 28.5 Å². The van der Waals surface area contributed by atoms with Crippen LogP contribution in [0.2, 0.25) is 0 Å². The van der Waals surface area contributed by atoms with Gasteiger partial charge >= 0.3 is 12.0 Å². The number of carbonyl (C=O) groups is 2. The molecule has 0 saturated heterocycles. The van der Waals surface area contributed by atoms with E-state index in [0.717, 1.165) is 30.4 Å². The number of halogens is 1. The third kappa shape index (κ3) is 6.29. The monoisotopic (exact) mass is 574 g/mol. The maximum absolute atomic E-state index is 13.9. The van der Waals surface area contributed by atoms with Gasteiger partial charge in [-0.2, -0.15) is 0 Å². The molecule has 1 aliphatic rings. The number of carbonyl (C=O) groups excluding carboxylic acids is 2. The van der Waals surface area contributed by atoms with Gasteiger partial charge in [0.05, 0.1) is 14.7 Å². The number of esters is 1. The SMILES string of the molecule is CC.Cc1c(Br)sc2c1SN(CC(=O)OC(C)(C)C)C(=O)N2C(c1ccccc1)c1ccccc1. The molecule has 2 amide bonds. The van der Waals surface area contributed by atoms with Crippen LogP contribution >= 0.6 is 39.2 Å². The summed E-state index contributed by atoms with van der Waals surface area (Å²) in [6, 6.07) is 19.4. The van der Waals surface area contributed by atoms with Crippen molar-refractivity contribution < 1.29 is 14.3 Å². The molecule has 0 atom stereocenters. The summed E-state index contributed by atoms with van der Waals surface area (Å²) in [4.78, 5) is 29.3. The number of urea groups is 1. The molecule has 0 bridgehead atoms. The van der Waals surface area contributed by atoms with Gasteiger partial charge in [-0.3, -0.25) is 14.0 Å². The molecule has 1 aliphatic heterocycles. The largest absolute Gasteiger partial charge is 0.459 e. The lowest BCUT2D eigenvalue weighted by Gasteiger charge is -2.39. The Bertz CT molecular complexity index is 1120. The van der Waals surface area contributed by atoms with Gasteiger partial charge < -0.3 is 4.74 Å². The van der Waals surface area contributed by atoms with E-state index in [1.165, 1.54) is 27.6 Å². The lowest BCUT2D eigenvalue weighted by atomic mass is 9.97. The van der Waals surface area contributed by atoms with Crippen LogP contribution in [0.5, 0.6) is 0 Å². The molecule has 8 heteroatoms. The number of ether oxygens (including phenoxy) is 1. The Kier molecular flexibility index (Phi) is 9.07. The minimum atomic E-state index is -0.622. The summed E-state index contributed by atoms with van der Waals surface area (Å²) >= 11 is 6.49. The molecule has 5 nitrogen and oxygen atoms in total. The summed E-state index contributed by atoms with van der Waals surface area (Å²) in [6.45, 7) is 11.3. The maximum atomic E-state index is 13.9. The summed E-state index contributed by atoms with van der Waals surface area (Å²) in [5.41, 5.74) is 2.42. The minimum Gasteiger partial charge on any atom is -0.459 e. The summed E-state index contributed by atoms with van der Waals surface area (Å²) in [7, 11) is 0. The van der Waals surface area contributed by atoms with Crippen LogP contribution in [0.25, 0.3) is 0 Å². The molecule has 0 saturated carbocycles. The first-order valence-electron chi connectivity index (χ1n) is 11.5. The van der Waals surface area contributed by atoms with E-state index < -0.39 is 11.6 Å². The summed E-state index contributed by atoms with van der Waals surface area (Å²) in [5.74, 6) is -0.435. The molecule has 0 fully saturated rings. The fourth-order valence-corrected chi connectivity index (χ4v) is 6.67. The standard InChI is InChI=1S/C25H25BrN2O3S2.C2H6/c1-16-21-23(32-22(16)26)28(24(30)27(33-21)15-19(29)31-25(2,3)4)20(17-11-7-5-8-12-17)18-13-9-6-10-14-18;1-2/h5-14,20H,15H2,1-4H3;1-2H3. The number of benzene rings is 2. The predicted octanol–water partition coefficient (Wildman–Crippen LogP) is 8.23. The van der Waals surface area contributed by atoms with Crippen LogP contribution < -0.4 is 4.90 Å². The van der Waals surface area contributed by atoms with E-state index in [2.05, 4.69) is 15.9 Å². The molecule has 186 valence electrons. The van der Waals surface area contributed by atoms with Crippen molar-refractivity contribution in [3.8, 4) is 0 Å². The summed E-state index contributed by atoms with van der Waals surface area (Å²) in [5, 5.41) is 0.868. The van der Waals surface area contributed by atoms with E-state index in [0.29, 0.717) is 0 Å². The van der Waals surface area contributed by atoms with E-state index in [1.54, 1.807) is 0 Å². The second-order valence-corrected chi connectivity index (χ2v) is 12.1. The Morgan fingerprint density at radius 3 is 2.00 bits per heavy atom. The van der Waals surface area contributed by atoms with Crippen molar-refractivity contribution in [2.45, 2.75) is 58.1 Å². The zero-order valence-corrected chi connectivity index (χ0v) is 24.1. The molecule has 0 spiro atoms. The average molecular weight is 576 g/mol. The normalized spacial score (nSPS) is 13.3. The van der Waals surface area contributed by atoms with Crippen LogP contribution in [0, 0.1) is 6.92 Å². The molecule has 0 radical (unpaired) electrons. The zero-order chi connectivity index (χ0) is 25.8. The van der Waals surface area contributed by atoms with E-state index in [-0.39, 0.29) is 18.6 Å². The predicted molar refractivity (Wildman–Crippen MR) is 149 cm³/mol. The van der Waals surface area contributed by atoms with Crippen molar-refractivity contribution >= 4 is 56.2 Å². The van der Waals surface area contributed by atoms with Crippen LogP contribution in [0.4, 0.5) is 9.80 Å². The van der Waals surface area contributed by atoms with Gasteiger partial charge in [-0.05, 0) is 72.3 Å². The van der Waals surface area contributed by atoms with Crippen LogP contribution in [0.15, 0.2) is 69.3 Å². The molecular weight excluding hydrogens is 544 g/mol. The van der Waals surface area contributed by atoms with Crippen molar-refractivity contribution in [3.05, 3.63) is 81.1 Å².